The largest absolute Gasteiger partial charge is 0.361 e. The second-order valence-electron chi connectivity index (χ2n) is 5.39. The molecule has 0 aliphatic carbocycles. The highest BCUT2D eigenvalue weighted by Crippen LogP contribution is 2.14. The van der Waals surface area contributed by atoms with Crippen LogP contribution < -0.4 is 10.6 Å². The number of carbonyl (C=O) groups is 2. The van der Waals surface area contributed by atoms with E-state index in [0.29, 0.717) is 16.7 Å². The number of aromatic nitrogens is 1. The smallest absolute Gasteiger partial charge is 0.252 e. The number of carbonyl (C=O) groups excluding carboxylic acids is 2. The van der Waals surface area contributed by atoms with Gasteiger partial charge in [-0.25, -0.2) is 0 Å². The topological polar surface area (TPSA) is 74.0 Å². The number of nitrogens with one attached hydrogen (secondary N) is 3. The van der Waals surface area contributed by atoms with Gasteiger partial charge >= 0.3 is 0 Å². The van der Waals surface area contributed by atoms with E-state index in [1.807, 2.05) is 24.4 Å². The molecule has 3 N–H and O–H groups in total. The highest BCUT2D eigenvalue weighted by molar-refractivity contribution is 5.98. The fourth-order valence-corrected chi connectivity index (χ4v) is 2.48. The van der Waals surface area contributed by atoms with Crippen LogP contribution in [-0.4, -0.2) is 30.4 Å². The summed E-state index contributed by atoms with van der Waals surface area (Å²) in [6, 6.07) is 14.5. The maximum absolute atomic E-state index is 12.2. The molecule has 0 aliphatic rings. The molecule has 0 unspecified atom stereocenters. The van der Waals surface area contributed by atoms with Gasteiger partial charge in [-0.05, 0) is 35.7 Å². The fourth-order valence-electron chi connectivity index (χ4n) is 2.48. The molecule has 124 valence electrons. The molecule has 1 aromatic heterocycles. The van der Waals surface area contributed by atoms with Crippen LogP contribution in [0.1, 0.15) is 26.3 Å². The van der Waals surface area contributed by atoms with Crippen molar-refractivity contribution in [2.24, 2.45) is 0 Å². The van der Waals surface area contributed by atoms with E-state index in [0.717, 1.165) is 10.9 Å². The first-order valence-electron chi connectivity index (χ1n) is 7.84. The van der Waals surface area contributed by atoms with E-state index in [-0.39, 0.29) is 18.4 Å². The molecule has 0 spiro atoms. The number of hydrogen-bond acceptors (Lipinski definition) is 2. The van der Waals surface area contributed by atoms with Crippen LogP contribution in [0, 0.1) is 11.8 Å². The van der Waals surface area contributed by atoms with Crippen molar-refractivity contribution in [2.45, 2.75) is 0 Å². The lowest BCUT2D eigenvalue weighted by Gasteiger charge is -2.03. The normalized spacial score (nSPS) is 9.96. The van der Waals surface area contributed by atoms with E-state index in [4.69, 9.17) is 0 Å². The lowest BCUT2D eigenvalue weighted by atomic mass is 10.1. The molecule has 2 aromatic carbocycles. The zero-order valence-corrected chi connectivity index (χ0v) is 13.7. The molecular formula is C20H17N3O2. The Labute approximate surface area is 145 Å². The van der Waals surface area contributed by atoms with Gasteiger partial charge in [0.1, 0.15) is 0 Å². The number of rotatable bonds is 3. The third-order valence-electron chi connectivity index (χ3n) is 3.78. The lowest BCUT2D eigenvalue weighted by molar-refractivity contribution is 0.0952. The predicted octanol–water partition coefficient (Wildman–Crippen LogP) is 2.31. The molecule has 25 heavy (non-hydrogen) atoms. The Bertz CT molecular complexity index is 993. The van der Waals surface area contributed by atoms with Crippen LogP contribution in [0.25, 0.3) is 10.9 Å². The summed E-state index contributed by atoms with van der Waals surface area (Å²) in [7, 11) is 1.58. The summed E-state index contributed by atoms with van der Waals surface area (Å²) in [5.74, 6) is 5.44. The Morgan fingerprint density at radius 2 is 1.92 bits per heavy atom. The Balaban J connectivity index is 1.66. The van der Waals surface area contributed by atoms with Gasteiger partial charge in [-0.2, -0.15) is 0 Å². The van der Waals surface area contributed by atoms with Gasteiger partial charge in [0.25, 0.3) is 11.8 Å². The van der Waals surface area contributed by atoms with Gasteiger partial charge < -0.3 is 15.6 Å². The Morgan fingerprint density at radius 1 is 1.08 bits per heavy atom. The quantitative estimate of drug-likeness (QED) is 0.644. The number of fused-ring (bicyclic) bond motifs is 1. The minimum Gasteiger partial charge on any atom is -0.361 e. The molecule has 5 heteroatoms. The summed E-state index contributed by atoms with van der Waals surface area (Å²) in [4.78, 5) is 27.1. The van der Waals surface area contributed by atoms with Gasteiger partial charge in [0, 0.05) is 29.9 Å². The van der Waals surface area contributed by atoms with Crippen LogP contribution in [0.15, 0.2) is 54.7 Å². The molecule has 0 saturated heterocycles. The van der Waals surface area contributed by atoms with E-state index < -0.39 is 0 Å². The van der Waals surface area contributed by atoms with Crippen molar-refractivity contribution in [1.82, 2.24) is 15.6 Å². The third kappa shape index (κ3) is 3.70. The highest BCUT2D eigenvalue weighted by atomic mass is 16.2. The minimum absolute atomic E-state index is 0.187. The van der Waals surface area contributed by atoms with Gasteiger partial charge in [0.2, 0.25) is 0 Å². The first kappa shape index (κ1) is 16.3. The molecule has 2 amide bonds. The molecule has 5 nitrogen and oxygen atoms in total. The predicted molar refractivity (Wildman–Crippen MR) is 97.3 cm³/mol. The molecule has 0 saturated carbocycles. The first-order chi connectivity index (χ1) is 12.2. The van der Waals surface area contributed by atoms with Gasteiger partial charge in [-0.1, -0.05) is 30.0 Å². The van der Waals surface area contributed by atoms with Crippen LogP contribution in [-0.2, 0) is 0 Å². The summed E-state index contributed by atoms with van der Waals surface area (Å²) in [6.45, 7) is 0.198. The monoisotopic (exact) mass is 331 g/mol. The zero-order chi connectivity index (χ0) is 17.6. The van der Waals surface area contributed by atoms with Gasteiger partial charge in [-0.3, -0.25) is 9.59 Å². The summed E-state index contributed by atoms with van der Waals surface area (Å²) in [5.41, 5.74) is 2.63. The molecular weight excluding hydrogens is 314 g/mol. The maximum Gasteiger partial charge on any atom is 0.252 e. The number of amides is 2. The molecule has 0 atom stereocenters. The summed E-state index contributed by atoms with van der Waals surface area (Å²) in [6.07, 6.45) is 1.84. The van der Waals surface area contributed by atoms with Crippen molar-refractivity contribution < 1.29 is 9.59 Å². The standard InChI is InChI=1S/C20H17N3O2/c1-21-20(25)17-7-3-2-5-14(17)6-4-11-23-19(24)16-9-8-15-10-12-22-18(15)13-16/h2-3,5,7-10,12-13,22H,11H2,1H3,(H,21,25)(H,23,24). The van der Waals surface area contributed by atoms with Gasteiger partial charge in [0.15, 0.2) is 0 Å². The van der Waals surface area contributed by atoms with E-state index in [1.54, 1.807) is 37.4 Å². The van der Waals surface area contributed by atoms with Crippen LogP contribution in [0.3, 0.4) is 0 Å². The van der Waals surface area contributed by atoms with E-state index in [1.165, 1.54) is 0 Å². The van der Waals surface area contributed by atoms with Crippen molar-refractivity contribution in [3.8, 4) is 11.8 Å². The highest BCUT2D eigenvalue weighted by Gasteiger charge is 2.07. The fraction of sp³-hybridized carbons (Fsp3) is 0.100. The van der Waals surface area contributed by atoms with Crippen molar-refractivity contribution >= 4 is 22.7 Å². The van der Waals surface area contributed by atoms with E-state index in [2.05, 4.69) is 27.5 Å². The number of H-pyrrole nitrogens is 1. The molecule has 0 aliphatic heterocycles. The van der Waals surface area contributed by atoms with Gasteiger partial charge in [0.05, 0.1) is 12.1 Å². The average molecular weight is 331 g/mol. The second-order valence-corrected chi connectivity index (χ2v) is 5.39. The SMILES string of the molecule is CNC(=O)c1ccccc1C#CCNC(=O)c1ccc2cc[nH]c2c1. The molecule has 0 radical (unpaired) electrons. The summed E-state index contributed by atoms with van der Waals surface area (Å²) < 4.78 is 0. The molecule has 3 rings (SSSR count). The van der Waals surface area contributed by atoms with Crippen LogP contribution in [0.4, 0.5) is 0 Å². The minimum atomic E-state index is -0.189. The second kappa shape index (κ2) is 7.37. The van der Waals surface area contributed by atoms with E-state index >= 15 is 0 Å². The number of aromatic amines is 1. The number of benzene rings is 2. The summed E-state index contributed by atoms with van der Waals surface area (Å²) >= 11 is 0. The molecule has 0 bridgehead atoms. The first-order valence-corrected chi connectivity index (χ1v) is 7.84. The Morgan fingerprint density at radius 3 is 2.76 bits per heavy atom. The van der Waals surface area contributed by atoms with Crippen LogP contribution in [0.2, 0.25) is 0 Å². The molecule has 0 fully saturated rings. The average Bonchev–Trinajstić information content (AvgIpc) is 3.12. The number of hydrogen-bond donors (Lipinski definition) is 3. The molecule has 1 heterocycles. The van der Waals surface area contributed by atoms with Crippen molar-refractivity contribution in [1.29, 1.82) is 0 Å². The maximum atomic E-state index is 12.2. The lowest BCUT2D eigenvalue weighted by Crippen LogP contribution is -2.23. The molecule has 3 aromatic rings. The van der Waals surface area contributed by atoms with Crippen molar-refractivity contribution in [2.75, 3.05) is 13.6 Å². The van der Waals surface area contributed by atoms with E-state index in [9.17, 15) is 9.59 Å². The van der Waals surface area contributed by atoms with Crippen molar-refractivity contribution in [3.63, 3.8) is 0 Å². The van der Waals surface area contributed by atoms with Crippen molar-refractivity contribution in [3.05, 3.63) is 71.4 Å². The van der Waals surface area contributed by atoms with Crippen LogP contribution in [0.5, 0.6) is 0 Å². The van der Waals surface area contributed by atoms with Gasteiger partial charge in [-0.15, -0.1) is 0 Å². The summed E-state index contributed by atoms with van der Waals surface area (Å²) in [5, 5.41) is 6.40. The third-order valence-corrected chi connectivity index (χ3v) is 3.78. The Hall–Kier alpha value is -3.52. The van der Waals surface area contributed by atoms with Crippen LogP contribution >= 0.6 is 0 Å². The Kier molecular flexibility index (Phi) is 4.82. The zero-order valence-electron chi connectivity index (χ0n) is 13.7.